The van der Waals surface area contributed by atoms with Crippen LogP contribution in [0.3, 0.4) is 0 Å². The Labute approximate surface area is 368 Å². The molecule has 63 heavy (non-hydrogen) atoms. The van der Waals surface area contributed by atoms with Crippen molar-refractivity contribution in [3.63, 3.8) is 0 Å². The third kappa shape index (κ3) is 19.3. The molecule has 17 atom stereocenters. The van der Waals surface area contributed by atoms with Crippen molar-refractivity contribution in [1.29, 1.82) is 0 Å². The van der Waals surface area contributed by atoms with E-state index in [9.17, 15) is 65.8 Å². The van der Waals surface area contributed by atoms with Crippen molar-refractivity contribution >= 4 is 11.9 Å². The van der Waals surface area contributed by atoms with Gasteiger partial charge in [-0.2, -0.15) is 0 Å². The molecule has 0 saturated carbocycles. The molecule has 3 aliphatic heterocycles. The first-order valence-corrected chi connectivity index (χ1v) is 21.4. The van der Waals surface area contributed by atoms with Gasteiger partial charge in [0.15, 0.2) is 12.1 Å². The molecule has 3 rings (SSSR count). The van der Waals surface area contributed by atoms with Crippen molar-refractivity contribution in [2.75, 3.05) is 6.61 Å². The van der Waals surface area contributed by atoms with Crippen molar-refractivity contribution < 1.29 is 84.7 Å². The van der Waals surface area contributed by atoms with Crippen molar-refractivity contribution in [3.05, 3.63) is 85.1 Å². The van der Waals surface area contributed by atoms with E-state index in [0.717, 1.165) is 0 Å². The van der Waals surface area contributed by atoms with Crippen LogP contribution in [-0.4, -0.2) is 166 Å². The highest BCUT2D eigenvalue weighted by Crippen LogP contribution is 2.38. The van der Waals surface area contributed by atoms with Gasteiger partial charge < -0.3 is 80.9 Å². The lowest BCUT2D eigenvalue weighted by atomic mass is 9.82. The van der Waals surface area contributed by atoms with E-state index < -0.39 is 135 Å². The summed E-state index contributed by atoms with van der Waals surface area (Å²) in [7, 11) is 0. The summed E-state index contributed by atoms with van der Waals surface area (Å²) in [5.41, 5.74) is 5.92. The molecule has 3 aliphatic rings. The van der Waals surface area contributed by atoms with E-state index in [1.54, 1.807) is 79.8 Å². The Morgan fingerprint density at radius 1 is 0.683 bits per heavy atom. The molecule has 0 aromatic rings. The van der Waals surface area contributed by atoms with Gasteiger partial charge in [0.05, 0.1) is 80.1 Å². The molecule has 0 aromatic carbocycles. The van der Waals surface area contributed by atoms with Crippen molar-refractivity contribution in [2.45, 2.75) is 163 Å². The first-order chi connectivity index (χ1) is 29.8. The molecule has 2 saturated heterocycles. The molecule has 0 amide bonds. The maximum absolute atomic E-state index is 12.5. The third-order valence-electron chi connectivity index (χ3n) is 11.1. The predicted molar refractivity (Wildman–Crippen MR) is 228 cm³/mol. The minimum atomic E-state index is -2.32. The van der Waals surface area contributed by atoms with Gasteiger partial charge in [0.25, 0.3) is 0 Å². The lowest BCUT2D eigenvalue weighted by Gasteiger charge is -2.45. The molecule has 0 aliphatic carbocycles. The van der Waals surface area contributed by atoms with Gasteiger partial charge in [-0.05, 0) is 26.2 Å². The fourth-order valence-corrected chi connectivity index (χ4v) is 7.49. The molecule has 8 unspecified atom stereocenters. The molecule has 0 aromatic heterocycles. The Balaban J connectivity index is 1.83. The maximum Gasteiger partial charge on any atom is 0.311 e. The molecular weight excluding hydrogens is 826 g/mol. The van der Waals surface area contributed by atoms with Crippen LogP contribution in [0.4, 0.5) is 0 Å². The van der Waals surface area contributed by atoms with Crippen LogP contribution in [-0.2, 0) is 28.5 Å². The second-order valence-electron chi connectivity index (χ2n) is 16.7. The van der Waals surface area contributed by atoms with Gasteiger partial charge in [-0.1, -0.05) is 92.0 Å². The standard InChI is InChI=1S/C45H69NO17/c1-27-15-13-11-9-7-5-3-4-6-8-10-12-14-16-32(62-44-42(56)41(46)37(54)26-60-44)23-38-40(43(57)58)36(53)25-45(59,63-38)24-31(49)21-35(52)33(50)18-17-29(47)20-30(48)22-39(55)61-28(2)19-34(27)51/h3-16,27-38,40-42,44,47-54,56,59H,17-26,46H2,1-2H3,(H,57,58)/b4-3+,7-5+,8-6+,11-9+,12-10+,15-13+,16-14+/t27-,28-,29?,30?,31?,32?,33?,34-,35?,36-,37+,38-,40+,41-,42+,44?,45?/m0/s1. The predicted octanol–water partition coefficient (Wildman–Crippen LogP) is 0.0772. The van der Waals surface area contributed by atoms with Crippen LogP contribution < -0.4 is 5.73 Å². The van der Waals surface area contributed by atoms with E-state index in [1.807, 2.05) is 13.0 Å². The zero-order chi connectivity index (χ0) is 46.7. The Morgan fingerprint density at radius 3 is 1.87 bits per heavy atom. The molecule has 2 fully saturated rings. The average Bonchev–Trinajstić information content (AvgIpc) is 3.18. The minimum Gasteiger partial charge on any atom is -0.481 e. The normalized spacial score (nSPS) is 44.2. The minimum absolute atomic E-state index is 0.103. The van der Waals surface area contributed by atoms with Crippen LogP contribution in [0, 0.1) is 11.8 Å². The first-order valence-electron chi connectivity index (χ1n) is 21.4. The number of esters is 1. The lowest BCUT2D eigenvalue weighted by molar-refractivity contribution is -0.305. The number of aliphatic hydroxyl groups excluding tert-OH is 9. The summed E-state index contributed by atoms with van der Waals surface area (Å²) in [6.45, 7) is 3.18. The molecule has 0 spiro atoms. The Bertz CT molecular complexity index is 1600. The Morgan fingerprint density at radius 2 is 1.27 bits per heavy atom. The van der Waals surface area contributed by atoms with E-state index in [4.69, 9.17) is 24.7 Å². The molecule has 18 heteroatoms. The van der Waals surface area contributed by atoms with Crippen molar-refractivity contribution in [3.8, 4) is 0 Å². The van der Waals surface area contributed by atoms with Crippen LogP contribution in [0.25, 0.3) is 0 Å². The van der Waals surface area contributed by atoms with Crippen LogP contribution in [0.1, 0.15) is 71.6 Å². The number of carbonyl (C=O) groups is 2. The number of hydrogen-bond donors (Lipinski definition) is 12. The molecule has 0 radical (unpaired) electrons. The van der Waals surface area contributed by atoms with Gasteiger partial charge in [-0.15, -0.1) is 0 Å². The van der Waals surface area contributed by atoms with Crippen LogP contribution in [0.15, 0.2) is 85.1 Å². The van der Waals surface area contributed by atoms with E-state index in [1.165, 1.54) is 6.08 Å². The number of fused-ring (bicyclic) bond motifs is 2. The van der Waals surface area contributed by atoms with E-state index in [2.05, 4.69) is 0 Å². The van der Waals surface area contributed by atoms with Crippen LogP contribution in [0.2, 0.25) is 0 Å². The lowest BCUT2D eigenvalue weighted by Crippen LogP contribution is -2.59. The van der Waals surface area contributed by atoms with Gasteiger partial charge in [0, 0.05) is 38.0 Å². The number of carboxylic acid groups (broad SMARTS) is 1. The Hall–Kier alpha value is -3.44. The molecule has 3 heterocycles. The van der Waals surface area contributed by atoms with Crippen LogP contribution >= 0.6 is 0 Å². The van der Waals surface area contributed by atoms with Gasteiger partial charge in [0.1, 0.15) is 18.1 Å². The number of allylic oxidation sites excluding steroid dienone is 12. The number of nitrogens with two attached hydrogens (primary N) is 1. The number of cyclic esters (lactones) is 1. The zero-order valence-corrected chi connectivity index (χ0v) is 35.8. The van der Waals surface area contributed by atoms with Gasteiger partial charge in [-0.3, -0.25) is 9.59 Å². The van der Waals surface area contributed by atoms with Crippen molar-refractivity contribution in [2.24, 2.45) is 17.6 Å². The second kappa shape index (κ2) is 27.1. The third-order valence-corrected chi connectivity index (χ3v) is 11.1. The van der Waals surface area contributed by atoms with E-state index in [-0.39, 0.29) is 44.6 Å². The molecule has 356 valence electrons. The smallest absolute Gasteiger partial charge is 0.311 e. The summed E-state index contributed by atoms with van der Waals surface area (Å²) in [5.74, 6) is -6.33. The summed E-state index contributed by atoms with van der Waals surface area (Å²) >= 11 is 0. The number of ether oxygens (including phenoxy) is 4. The largest absolute Gasteiger partial charge is 0.481 e. The summed E-state index contributed by atoms with van der Waals surface area (Å²) < 4.78 is 22.7. The van der Waals surface area contributed by atoms with Gasteiger partial charge in [-0.25, -0.2) is 0 Å². The molecule has 13 N–H and O–H groups in total. The fraction of sp³-hybridized carbons (Fsp3) is 0.644. The van der Waals surface area contributed by atoms with E-state index >= 15 is 0 Å². The number of aliphatic hydroxyl groups is 10. The summed E-state index contributed by atoms with van der Waals surface area (Å²) in [6, 6.07) is -1.12. The summed E-state index contributed by atoms with van der Waals surface area (Å²) in [6.07, 6.45) is 4.64. The highest BCUT2D eigenvalue weighted by molar-refractivity contribution is 5.71. The molecular formula is C45H69NO17. The second-order valence-corrected chi connectivity index (χ2v) is 16.7. The highest BCUT2D eigenvalue weighted by Gasteiger charge is 2.50. The number of rotatable bonds is 3. The zero-order valence-electron chi connectivity index (χ0n) is 35.8. The summed E-state index contributed by atoms with van der Waals surface area (Å²) in [5, 5.41) is 117. The topological polar surface area (TPSA) is 320 Å². The summed E-state index contributed by atoms with van der Waals surface area (Å²) in [4.78, 5) is 24.9. The number of carboxylic acids is 1. The highest BCUT2D eigenvalue weighted by atomic mass is 16.7. The molecule has 18 nitrogen and oxygen atoms in total. The monoisotopic (exact) mass is 895 g/mol. The number of aliphatic carboxylic acids is 1. The average molecular weight is 896 g/mol. The van der Waals surface area contributed by atoms with Gasteiger partial charge >= 0.3 is 11.9 Å². The Kier molecular flexibility index (Phi) is 23.2. The SMILES string of the molecule is C[C@H]1C[C@H](O)[C@@H](C)/C=C/C=C/C=C/C=C/C=C/C=C/C=C/C(OC2OC[C@@H](O)[C@H](N)[C@H]2O)C[C@@H]2OC(O)(CC(O)CC(O)C(O)CCC(O)CC(O)CC(=O)O1)C[C@H](O)[C@H]2C(=O)O. The van der Waals surface area contributed by atoms with Gasteiger partial charge in [0.2, 0.25) is 0 Å². The quantitative estimate of drug-likeness (QED) is 0.167. The van der Waals surface area contributed by atoms with E-state index in [0.29, 0.717) is 0 Å². The van der Waals surface area contributed by atoms with Crippen LogP contribution in [0.5, 0.6) is 0 Å². The number of carbonyl (C=O) groups excluding carboxylic acids is 1. The maximum atomic E-state index is 12.5. The number of hydrogen-bond acceptors (Lipinski definition) is 17. The first kappa shape index (κ1) is 53.9. The fourth-order valence-electron chi connectivity index (χ4n) is 7.49. The molecule has 2 bridgehead atoms. The van der Waals surface area contributed by atoms with Crippen molar-refractivity contribution in [1.82, 2.24) is 0 Å².